The van der Waals surface area contributed by atoms with Crippen molar-refractivity contribution >= 4 is 11.7 Å². The van der Waals surface area contributed by atoms with Crippen LogP contribution in [0, 0.1) is 6.92 Å². The van der Waals surface area contributed by atoms with Crippen LogP contribution >= 0.6 is 0 Å². The Hall–Kier alpha value is -1.66. The molecule has 6 heteroatoms. The van der Waals surface area contributed by atoms with Crippen LogP contribution in [0.15, 0.2) is 12.1 Å². The van der Waals surface area contributed by atoms with Gasteiger partial charge < -0.3 is 20.1 Å². The molecule has 0 atom stereocenters. The number of hydrogen-bond donors (Lipinski definition) is 2. The molecule has 1 rings (SSSR count). The number of aryl methyl sites for hydroxylation is 1. The van der Waals surface area contributed by atoms with Crippen LogP contribution in [0.1, 0.15) is 23.0 Å². The summed E-state index contributed by atoms with van der Waals surface area (Å²) in [5.41, 5.74) is 1.41. The predicted molar refractivity (Wildman–Crippen MR) is 78.2 cm³/mol. The Balaban J connectivity index is 2.42. The van der Waals surface area contributed by atoms with E-state index in [1.165, 1.54) is 0 Å². The fourth-order valence-electron chi connectivity index (χ4n) is 1.65. The largest absolute Gasteiger partial charge is 0.382 e. The van der Waals surface area contributed by atoms with Gasteiger partial charge in [0.2, 0.25) is 0 Å². The van der Waals surface area contributed by atoms with Gasteiger partial charge in [-0.3, -0.25) is 4.79 Å². The third kappa shape index (κ3) is 5.99. The Morgan fingerprint density at radius 1 is 1.30 bits per heavy atom. The number of pyridine rings is 1. The fraction of sp³-hybridized carbons (Fsp3) is 0.571. The number of methoxy groups -OCH3 is 1. The lowest BCUT2D eigenvalue weighted by molar-refractivity contribution is 0.0692. The van der Waals surface area contributed by atoms with Crippen LogP contribution < -0.4 is 10.6 Å². The number of anilines is 1. The summed E-state index contributed by atoms with van der Waals surface area (Å²) in [6, 6.07) is 3.51. The van der Waals surface area contributed by atoms with Crippen molar-refractivity contribution < 1.29 is 14.3 Å². The third-order valence-electron chi connectivity index (χ3n) is 2.54. The van der Waals surface area contributed by atoms with Gasteiger partial charge in [0.25, 0.3) is 5.91 Å². The van der Waals surface area contributed by atoms with E-state index in [1.807, 2.05) is 13.8 Å². The van der Waals surface area contributed by atoms with Crippen molar-refractivity contribution in [2.24, 2.45) is 0 Å². The van der Waals surface area contributed by atoms with E-state index in [-0.39, 0.29) is 5.91 Å². The van der Waals surface area contributed by atoms with Crippen LogP contribution in [0.25, 0.3) is 0 Å². The number of nitrogens with zero attached hydrogens (tertiary/aromatic N) is 1. The molecule has 1 aromatic heterocycles. The minimum Gasteiger partial charge on any atom is -0.382 e. The molecule has 2 N–H and O–H groups in total. The predicted octanol–water partition coefficient (Wildman–Crippen LogP) is 1.21. The van der Waals surface area contributed by atoms with Crippen LogP contribution in [0.3, 0.4) is 0 Å². The molecule has 0 bridgehead atoms. The number of rotatable bonds is 9. The number of nitrogens with one attached hydrogen (secondary N) is 2. The van der Waals surface area contributed by atoms with Gasteiger partial charge in [0.05, 0.1) is 19.8 Å². The number of carbonyl (C=O) groups excluding carboxylic acids is 1. The minimum atomic E-state index is -0.120. The molecule has 112 valence electrons. The number of amides is 1. The quantitative estimate of drug-likeness (QED) is 0.666. The molecule has 0 spiro atoms. The number of ether oxygens (including phenoxy) is 2. The summed E-state index contributed by atoms with van der Waals surface area (Å²) in [7, 11) is 1.62. The van der Waals surface area contributed by atoms with Gasteiger partial charge in [-0.15, -0.1) is 0 Å². The first-order valence-corrected chi connectivity index (χ1v) is 6.74. The van der Waals surface area contributed by atoms with Crippen LogP contribution in [0.2, 0.25) is 0 Å². The Morgan fingerprint density at radius 3 is 2.80 bits per heavy atom. The van der Waals surface area contributed by atoms with Crippen molar-refractivity contribution in [3.8, 4) is 0 Å². The SMILES string of the molecule is CCNc1cc(C(=O)NCCOCCOC)cc(C)n1. The van der Waals surface area contributed by atoms with Crippen LogP contribution in [0.4, 0.5) is 5.82 Å². The lowest BCUT2D eigenvalue weighted by atomic mass is 10.2. The minimum absolute atomic E-state index is 0.120. The lowest BCUT2D eigenvalue weighted by Gasteiger charge is -2.09. The molecule has 6 nitrogen and oxygen atoms in total. The van der Waals surface area contributed by atoms with E-state index in [9.17, 15) is 4.79 Å². The maximum Gasteiger partial charge on any atom is 0.251 e. The van der Waals surface area contributed by atoms with Gasteiger partial charge in [0.15, 0.2) is 0 Å². The lowest BCUT2D eigenvalue weighted by Crippen LogP contribution is -2.27. The van der Waals surface area contributed by atoms with Gasteiger partial charge in [-0.1, -0.05) is 0 Å². The maximum atomic E-state index is 12.0. The Kier molecular flexibility index (Phi) is 7.60. The molecule has 1 aromatic rings. The number of carbonyl (C=O) groups is 1. The van der Waals surface area contributed by atoms with E-state index >= 15 is 0 Å². The highest BCUT2D eigenvalue weighted by atomic mass is 16.5. The molecule has 0 aliphatic carbocycles. The molecule has 0 radical (unpaired) electrons. The summed E-state index contributed by atoms with van der Waals surface area (Å²) in [5, 5.41) is 5.92. The van der Waals surface area contributed by atoms with Crippen molar-refractivity contribution in [1.82, 2.24) is 10.3 Å². The zero-order valence-electron chi connectivity index (χ0n) is 12.4. The maximum absolute atomic E-state index is 12.0. The van der Waals surface area contributed by atoms with Crippen molar-refractivity contribution in [3.63, 3.8) is 0 Å². The summed E-state index contributed by atoms with van der Waals surface area (Å²) in [5.74, 6) is 0.596. The first-order valence-electron chi connectivity index (χ1n) is 6.74. The summed E-state index contributed by atoms with van der Waals surface area (Å²) in [4.78, 5) is 16.3. The van der Waals surface area contributed by atoms with E-state index in [0.717, 1.165) is 12.2 Å². The molecule has 0 saturated heterocycles. The average Bonchev–Trinajstić information content (AvgIpc) is 2.42. The highest BCUT2D eigenvalue weighted by molar-refractivity contribution is 5.94. The summed E-state index contributed by atoms with van der Waals surface area (Å²) >= 11 is 0. The highest BCUT2D eigenvalue weighted by Crippen LogP contribution is 2.09. The molecule has 1 heterocycles. The molecule has 0 fully saturated rings. The molecular weight excluding hydrogens is 258 g/mol. The monoisotopic (exact) mass is 281 g/mol. The van der Waals surface area contributed by atoms with Gasteiger partial charge in [0, 0.05) is 31.5 Å². The topological polar surface area (TPSA) is 72.5 Å². The van der Waals surface area contributed by atoms with Crippen LogP contribution in [-0.4, -0.2) is 50.9 Å². The Bertz CT molecular complexity index is 424. The first kappa shape index (κ1) is 16.4. The molecule has 0 aliphatic heterocycles. The van der Waals surface area contributed by atoms with E-state index < -0.39 is 0 Å². The van der Waals surface area contributed by atoms with Gasteiger partial charge in [-0.2, -0.15) is 0 Å². The molecule has 0 aromatic carbocycles. The zero-order valence-corrected chi connectivity index (χ0v) is 12.4. The molecule has 0 saturated carbocycles. The molecular formula is C14H23N3O3. The van der Waals surface area contributed by atoms with E-state index in [2.05, 4.69) is 15.6 Å². The standard InChI is InChI=1S/C14H23N3O3/c1-4-15-13-10-12(9-11(2)17-13)14(18)16-5-6-20-8-7-19-3/h9-10H,4-8H2,1-3H3,(H,15,17)(H,16,18). The van der Waals surface area contributed by atoms with Gasteiger partial charge >= 0.3 is 0 Å². The van der Waals surface area contributed by atoms with E-state index in [4.69, 9.17) is 9.47 Å². The van der Waals surface area contributed by atoms with Crippen LogP contribution in [-0.2, 0) is 9.47 Å². The normalized spacial score (nSPS) is 10.3. The number of hydrogen-bond acceptors (Lipinski definition) is 5. The van der Waals surface area contributed by atoms with Crippen molar-refractivity contribution in [1.29, 1.82) is 0 Å². The number of aromatic nitrogens is 1. The second-order valence-corrected chi connectivity index (χ2v) is 4.27. The second kappa shape index (κ2) is 9.28. The molecule has 20 heavy (non-hydrogen) atoms. The highest BCUT2D eigenvalue weighted by Gasteiger charge is 2.07. The summed E-state index contributed by atoms with van der Waals surface area (Å²) in [6.45, 7) is 6.66. The molecule has 0 unspecified atom stereocenters. The first-order chi connectivity index (χ1) is 9.67. The van der Waals surface area contributed by atoms with Gasteiger partial charge in [-0.25, -0.2) is 4.98 Å². The third-order valence-corrected chi connectivity index (χ3v) is 2.54. The summed E-state index contributed by atoms with van der Waals surface area (Å²) < 4.78 is 10.1. The Morgan fingerprint density at radius 2 is 2.10 bits per heavy atom. The van der Waals surface area contributed by atoms with Gasteiger partial charge in [-0.05, 0) is 26.0 Å². The van der Waals surface area contributed by atoms with Crippen molar-refractivity contribution in [2.75, 3.05) is 45.3 Å². The molecule has 1 amide bonds. The summed E-state index contributed by atoms with van der Waals surface area (Å²) in [6.07, 6.45) is 0. The van der Waals surface area contributed by atoms with Crippen LogP contribution in [0.5, 0.6) is 0 Å². The Labute approximate surface area is 119 Å². The van der Waals surface area contributed by atoms with Gasteiger partial charge in [0.1, 0.15) is 5.82 Å². The fourth-order valence-corrected chi connectivity index (χ4v) is 1.65. The molecule has 0 aliphatic rings. The average molecular weight is 281 g/mol. The van der Waals surface area contributed by atoms with E-state index in [1.54, 1.807) is 19.2 Å². The van der Waals surface area contributed by atoms with Crippen molar-refractivity contribution in [3.05, 3.63) is 23.4 Å². The van der Waals surface area contributed by atoms with Crippen molar-refractivity contribution in [2.45, 2.75) is 13.8 Å². The van der Waals surface area contributed by atoms with E-state index in [0.29, 0.717) is 37.7 Å². The zero-order chi connectivity index (χ0) is 14.8. The smallest absolute Gasteiger partial charge is 0.251 e. The second-order valence-electron chi connectivity index (χ2n) is 4.27.